The van der Waals surface area contributed by atoms with E-state index in [1.165, 1.54) is 17.2 Å². The largest absolute Gasteiger partial charge is 0.488 e. The molecule has 6 atom stereocenters. The minimum atomic E-state index is -1.38. The lowest BCUT2D eigenvalue weighted by Crippen LogP contribution is -2.42. The second kappa shape index (κ2) is 9.94. The predicted octanol–water partition coefficient (Wildman–Crippen LogP) is 1.65. The zero-order chi connectivity index (χ0) is 24.5. The van der Waals surface area contributed by atoms with Crippen molar-refractivity contribution in [2.75, 3.05) is 11.9 Å². The summed E-state index contributed by atoms with van der Waals surface area (Å²) in [5.74, 6) is 0.785. The van der Waals surface area contributed by atoms with Gasteiger partial charge >= 0.3 is 0 Å². The van der Waals surface area contributed by atoms with Crippen LogP contribution in [0.2, 0.25) is 5.02 Å². The summed E-state index contributed by atoms with van der Waals surface area (Å²) in [6.45, 7) is 2.14. The summed E-state index contributed by atoms with van der Waals surface area (Å²) in [7, 11) is 0. The van der Waals surface area contributed by atoms with Crippen LogP contribution in [0.15, 0.2) is 36.9 Å². The van der Waals surface area contributed by atoms with E-state index in [1.807, 2.05) is 12.1 Å². The molecular weight excluding hydrogens is 476 g/mol. The van der Waals surface area contributed by atoms with Gasteiger partial charge in [0.25, 0.3) is 5.91 Å². The third kappa shape index (κ3) is 4.64. The van der Waals surface area contributed by atoms with Crippen LogP contribution in [-0.2, 0) is 9.53 Å². The van der Waals surface area contributed by atoms with Gasteiger partial charge in [-0.2, -0.15) is 0 Å². The van der Waals surface area contributed by atoms with E-state index < -0.39 is 30.4 Å². The van der Waals surface area contributed by atoms with Gasteiger partial charge in [0.05, 0.1) is 12.4 Å². The Bertz CT molecular complexity index is 1190. The average molecular weight is 503 g/mol. The second-order valence-corrected chi connectivity index (χ2v) is 9.10. The van der Waals surface area contributed by atoms with Crippen LogP contribution >= 0.6 is 11.6 Å². The first-order chi connectivity index (χ1) is 17.0. The van der Waals surface area contributed by atoms with Crippen LogP contribution in [0.4, 0.5) is 5.82 Å². The van der Waals surface area contributed by atoms with Crippen LogP contribution < -0.4 is 15.4 Å². The minimum Gasteiger partial charge on any atom is -0.488 e. The molecule has 12 heteroatoms. The Labute approximate surface area is 206 Å². The normalized spacial score (nSPS) is 28.3. The van der Waals surface area contributed by atoms with Gasteiger partial charge in [-0.15, -0.1) is 0 Å². The van der Waals surface area contributed by atoms with E-state index in [-0.39, 0.29) is 12.1 Å². The highest BCUT2D eigenvalue weighted by atomic mass is 35.5. The standard InChI is InChI=1S/C23H27ClN6O5/c1-2-25-22(33)19-17(31)18(32)23(35-19)30-11-28-16-20(26-10-27-21(16)30)29-14-4-3-5-15(14)34-13-8-6-12(24)7-9-13/h6-11,14-15,17-19,23,31-32H,2-5H2,1H3,(H,25,33)(H,26,27,29)/t14-,15-,17+,18-,19+,23-/m1/s1. The lowest BCUT2D eigenvalue weighted by Gasteiger charge is -2.23. The molecule has 0 unspecified atom stereocenters. The Morgan fingerprint density at radius 1 is 1.20 bits per heavy atom. The molecule has 1 saturated carbocycles. The fourth-order valence-electron chi connectivity index (χ4n) is 4.62. The van der Waals surface area contributed by atoms with Gasteiger partial charge in [-0.3, -0.25) is 9.36 Å². The summed E-state index contributed by atoms with van der Waals surface area (Å²) in [5.41, 5.74) is 0.889. The van der Waals surface area contributed by atoms with Gasteiger partial charge in [-0.05, 0) is 50.5 Å². The van der Waals surface area contributed by atoms with Crippen LogP contribution in [0, 0.1) is 0 Å². The summed E-state index contributed by atoms with van der Waals surface area (Å²) < 4.78 is 13.4. The maximum Gasteiger partial charge on any atom is 0.252 e. The monoisotopic (exact) mass is 502 g/mol. The highest BCUT2D eigenvalue weighted by molar-refractivity contribution is 6.30. The maximum atomic E-state index is 12.2. The number of amides is 1. The molecule has 0 radical (unpaired) electrons. The van der Waals surface area contributed by atoms with Crippen molar-refractivity contribution < 1.29 is 24.5 Å². The number of nitrogens with zero attached hydrogens (tertiary/aromatic N) is 4. The van der Waals surface area contributed by atoms with E-state index in [2.05, 4.69) is 25.6 Å². The molecule has 3 heterocycles. The lowest BCUT2D eigenvalue weighted by atomic mass is 10.1. The molecular formula is C23H27ClN6O5. The molecule has 2 fully saturated rings. The number of benzene rings is 1. The lowest BCUT2D eigenvalue weighted by molar-refractivity contribution is -0.137. The number of imidazole rings is 1. The van der Waals surface area contributed by atoms with Crippen LogP contribution in [0.5, 0.6) is 5.75 Å². The molecule has 0 spiro atoms. The number of anilines is 1. The zero-order valence-corrected chi connectivity index (χ0v) is 19.8. The van der Waals surface area contributed by atoms with Crippen molar-refractivity contribution in [3.8, 4) is 5.75 Å². The molecule has 1 saturated heterocycles. The summed E-state index contributed by atoms with van der Waals surface area (Å²) in [5, 5.41) is 27.6. The average Bonchev–Trinajstić information content (AvgIpc) is 3.55. The number of aliphatic hydroxyl groups is 2. The molecule has 1 aliphatic heterocycles. The number of carbonyl (C=O) groups excluding carboxylic acids is 1. The molecule has 1 aliphatic carbocycles. The van der Waals surface area contributed by atoms with Crippen molar-refractivity contribution >= 4 is 34.5 Å². The molecule has 11 nitrogen and oxygen atoms in total. The van der Waals surface area contributed by atoms with Crippen molar-refractivity contribution in [2.45, 2.75) is 62.9 Å². The van der Waals surface area contributed by atoms with Gasteiger partial charge < -0.3 is 30.3 Å². The van der Waals surface area contributed by atoms with E-state index in [1.54, 1.807) is 19.1 Å². The Kier molecular flexibility index (Phi) is 6.74. The van der Waals surface area contributed by atoms with Crippen LogP contribution in [0.25, 0.3) is 11.2 Å². The fourth-order valence-corrected chi connectivity index (χ4v) is 4.75. The molecule has 2 aliphatic rings. The molecule has 186 valence electrons. The number of nitrogens with one attached hydrogen (secondary N) is 2. The van der Waals surface area contributed by atoms with Crippen molar-refractivity contribution in [3.63, 3.8) is 0 Å². The number of aliphatic hydroxyl groups excluding tert-OH is 2. The number of hydrogen-bond acceptors (Lipinski definition) is 9. The van der Waals surface area contributed by atoms with Crippen LogP contribution in [-0.4, -0.2) is 72.6 Å². The highest BCUT2D eigenvalue weighted by Gasteiger charge is 2.47. The van der Waals surface area contributed by atoms with E-state index in [9.17, 15) is 15.0 Å². The summed E-state index contributed by atoms with van der Waals surface area (Å²) in [4.78, 5) is 25.3. The van der Waals surface area contributed by atoms with Gasteiger partial charge in [0.1, 0.15) is 30.4 Å². The van der Waals surface area contributed by atoms with Crippen molar-refractivity contribution in [1.29, 1.82) is 0 Å². The Balaban J connectivity index is 1.35. The van der Waals surface area contributed by atoms with E-state index in [0.717, 1.165) is 25.0 Å². The third-order valence-corrected chi connectivity index (χ3v) is 6.61. The van der Waals surface area contributed by atoms with Gasteiger partial charge in [-0.25, -0.2) is 15.0 Å². The second-order valence-electron chi connectivity index (χ2n) is 8.66. The molecule has 35 heavy (non-hydrogen) atoms. The first-order valence-electron chi connectivity index (χ1n) is 11.6. The maximum absolute atomic E-state index is 12.2. The van der Waals surface area contributed by atoms with Crippen LogP contribution in [0.3, 0.4) is 0 Å². The van der Waals surface area contributed by atoms with Crippen molar-refractivity contribution in [2.24, 2.45) is 0 Å². The summed E-state index contributed by atoms with van der Waals surface area (Å²) >= 11 is 5.97. The van der Waals surface area contributed by atoms with Crippen LogP contribution in [0.1, 0.15) is 32.4 Å². The smallest absolute Gasteiger partial charge is 0.252 e. The number of rotatable bonds is 7. The molecule has 3 aromatic rings. The zero-order valence-electron chi connectivity index (χ0n) is 19.0. The van der Waals surface area contributed by atoms with Gasteiger partial charge in [0.2, 0.25) is 0 Å². The topological polar surface area (TPSA) is 144 Å². The summed E-state index contributed by atoms with van der Waals surface area (Å²) in [6.07, 6.45) is 0.642. The number of carbonyl (C=O) groups is 1. The molecule has 0 bridgehead atoms. The fraction of sp³-hybridized carbons (Fsp3) is 0.478. The van der Waals surface area contributed by atoms with E-state index in [4.69, 9.17) is 21.1 Å². The first-order valence-corrected chi connectivity index (χ1v) is 12.0. The molecule has 2 aromatic heterocycles. The number of halogens is 1. The molecule has 1 amide bonds. The van der Waals surface area contributed by atoms with E-state index >= 15 is 0 Å². The third-order valence-electron chi connectivity index (χ3n) is 6.36. The number of ether oxygens (including phenoxy) is 2. The molecule has 4 N–H and O–H groups in total. The minimum absolute atomic E-state index is 0.00573. The van der Waals surface area contributed by atoms with Crippen molar-refractivity contribution in [1.82, 2.24) is 24.8 Å². The molecule has 5 rings (SSSR count). The van der Waals surface area contributed by atoms with E-state index in [0.29, 0.717) is 28.5 Å². The number of fused-ring (bicyclic) bond motifs is 1. The summed E-state index contributed by atoms with van der Waals surface area (Å²) in [6, 6.07) is 7.28. The Morgan fingerprint density at radius 2 is 2.00 bits per heavy atom. The SMILES string of the molecule is CCNC(=O)[C@H]1O[C@@H](n2cnc3c(N[C@@H]4CCC[C@H]4Oc4ccc(Cl)cc4)ncnc32)[C@H](O)[C@@H]1O. The highest BCUT2D eigenvalue weighted by Crippen LogP contribution is 2.33. The molecule has 1 aromatic carbocycles. The van der Waals surface area contributed by atoms with Gasteiger partial charge in [0, 0.05) is 11.6 Å². The predicted molar refractivity (Wildman–Crippen MR) is 127 cm³/mol. The number of likely N-dealkylation sites (N-methyl/N-ethyl adjacent to an activating group) is 1. The Morgan fingerprint density at radius 3 is 2.77 bits per heavy atom. The first kappa shape index (κ1) is 23.7. The Hall–Kier alpha value is -2.99. The number of aromatic nitrogens is 4. The van der Waals surface area contributed by atoms with Gasteiger partial charge in [-0.1, -0.05) is 11.6 Å². The van der Waals surface area contributed by atoms with Gasteiger partial charge in [0.15, 0.2) is 29.3 Å². The quantitative estimate of drug-likeness (QED) is 0.379. The number of hydrogen-bond donors (Lipinski definition) is 4. The van der Waals surface area contributed by atoms with Crippen molar-refractivity contribution in [3.05, 3.63) is 41.9 Å².